The number of carbonyl (C=O) groups is 1. The number of halogens is 2. The lowest BCUT2D eigenvalue weighted by Gasteiger charge is -2.18. The molecule has 0 spiro atoms. The molecule has 0 aliphatic rings. The third-order valence-corrected chi connectivity index (χ3v) is 2.76. The molecular weight excluding hydrogens is 236 g/mol. The summed E-state index contributed by atoms with van der Waals surface area (Å²) in [6.07, 6.45) is 1.49. The summed E-state index contributed by atoms with van der Waals surface area (Å²) in [4.78, 5) is 11.3. The van der Waals surface area contributed by atoms with E-state index in [4.69, 9.17) is 0 Å². The molecule has 0 unspecified atom stereocenters. The average molecular weight is 249 g/mol. The van der Waals surface area contributed by atoms with Gasteiger partial charge in [-0.05, 0) is 12.1 Å². The van der Waals surface area contributed by atoms with E-state index in [-0.39, 0.29) is 11.3 Å². The van der Waals surface area contributed by atoms with Crippen LogP contribution in [0.2, 0.25) is 0 Å². The van der Waals surface area contributed by atoms with Crippen LogP contribution in [0.1, 0.15) is 23.0 Å². The summed E-state index contributed by atoms with van der Waals surface area (Å²) in [5.74, 6) is -3.21. The molecule has 0 aliphatic carbocycles. The molecule has 2 rings (SSSR count). The summed E-state index contributed by atoms with van der Waals surface area (Å²) in [5, 5.41) is 0. The normalized spacial score (nSPS) is 11.5. The summed E-state index contributed by atoms with van der Waals surface area (Å²) < 4.78 is 29.3. The Balaban J connectivity index is 2.28. The van der Waals surface area contributed by atoms with E-state index < -0.39 is 12.5 Å². The monoisotopic (exact) mass is 249 g/mol. The quantitative estimate of drug-likeness (QED) is 0.760. The average Bonchev–Trinajstić information content (AvgIpc) is 2.78. The van der Waals surface area contributed by atoms with Gasteiger partial charge in [0.25, 0.3) is 5.92 Å². The van der Waals surface area contributed by atoms with Crippen molar-refractivity contribution in [1.29, 1.82) is 0 Å². The third kappa shape index (κ3) is 2.47. The molecule has 0 bridgehead atoms. The van der Waals surface area contributed by atoms with Gasteiger partial charge < -0.3 is 4.57 Å². The van der Waals surface area contributed by atoms with Gasteiger partial charge in [0.05, 0.1) is 12.2 Å². The zero-order valence-corrected chi connectivity index (χ0v) is 9.94. The van der Waals surface area contributed by atoms with Crippen LogP contribution < -0.4 is 0 Å². The number of alkyl halides is 2. The number of Topliss-reactive ketones (excluding diaryl/α,β-unsaturated/α-hetero) is 1. The molecule has 2 nitrogen and oxygen atoms in total. The van der Waals surface area contributed by atoms with Crippen LogP contribution in [0.25, 0.3) is 0 Å². The topological polar surface area (TPSA) is 22.0 Å². The number of rotatable bonds is 4. The van der Waals surface area contributed by atoms with E-state index >= 15 is 0 Å². The number of ketones is 1. The van der Waals surface area contributed by atoms with Crippen LogP contribution in [-0.2, 0) is 12.5 Å². The molecule has 0 N–H and O–H groups in total. The molecular formula is C14H13F2NO. The standard InChI is InChI=1S/C14H13F2NO/c1-11(18)13-8-5-9-17(13)10-14(15,16)12-6-3-2-4-7-12/h2-9H,10H2,1H3. The second-order valence-electron chi connectivity index (χ2n) is 4.15. The van der Waals surface area contributed by atoms with Gasteiger partial charge in [-0.2, -0.15) is 8.78 Å². The van der Waals surface area contributed by atoms with Gasteiger partial charge in [-0.3, -0.25) is 4.79 Å². The Morgan fingerprint density at radius 3 is 2.44 bits per heavy atom. The van der Waals surface area contributed by atoms with E-state index in [9.17, 15) is 13.6 Å². The minimum absolute atomic E-state index is 0.0480. The molecule has 0 aliphatic heterocycles. The molecule has 0 atom stereocenters. The molecule has 1 aromatic heterocycles. The number of carbonyl (C=O) groups excluding carboxylic acids is 1. The highest BCUT2D eigenvalue weighted by atomic mass is 19.3. The van der Waals surface area contributed by atoms with Crippen LogP contribution in [0.4, 0.5) is 8.78 Å². The summed E-state index contributed by atoms with van der Waals surface area (Å²) >= 11 is 0. The maximum Gasteiger partial charge on any atom is 0.290 e. The van der Waals surface area contributed by atoms with Crippen molar-refractivity contribution < 1.29 is 13.6 Å². The van der Waals surface area contributed by atoms with Crippen molar-refractivity contribution >= 4 is 5.78 Å². The zero-order chi connectivity index (χ0) is 13.2. The van der Waals surface area contributed by atoms with Crippen LogP contribution in [0.3, 0.4) is 0 Å². The largest absolute Gasteiger partial charge is 0.339 e. The predicted molar refractivity (Wildman–Crippen MR) is 64.8 cm³/mol. The summed E-state index contributed by atoms with van der Waals surface area (Å²) in [7, 11) is 0. The van der Waals surface area contributed by atoms with Crippen molar-refractivity contribution in [3.63, 3.8) is 0 Å². The Morgan fingerprint density at radius 2 is 1.83 bits per heavy atom. The van der Waals surface area contributed by atoms with Crippen molar-refractivity contribution in [1.82, 2.24) is 4.57 Å². The van der Waals surface area contributed by atoms with E-state index in [1.54, 1.807) is 30.3 Å². The summed E-state index contributed by atoms with van der Waals surface area (Å²) in [6, 6.07) is 10.8. The summed E-state index contributed by atoms with van der Waals surface area (Å²) in [5.41, 5.74) is 0.249. The first-order chi connectivity index (χ1) is 8.50. The molecule has 2 aromatic rings. The van der Waals surface area contributed by atoms with Crippen molar-refractivity contribution in [2.45, 2.75) is 19.4 Å². The lowest BCUT2D eigenvalue weighted by Crippen LogP contribution is -2.22. The van der Waals surface area contributed by atoms with E-state index in [2.05, 4.69) is 0 Å². The molecule has 1 heterocycles. The number of nitrogens with zero attached hydrogens (tertiary/aromatic N) is 1. The number of benzene rings is 1. The first-order valence-electron chi connectivity index (χ1n) is 5.60. The van der Waals surface area contributed by atoms with Gasteiger partial charge in [0.2, 0.25) is 0 Å². The second kappa shape index (κ2) is 4.72. The molecule has 4 heteroatoms. The molecule has 1 aromatic carbocycles. The highest BCUT2D eigenvalue weighted by molar-refractivity contribution is 5.92. The SMILES string of the molecule is CC(=O)c1cccn1CC(F)(F)c1ccccc1. The molecule has 0 fully saturated rings. The Hall–Kier alpha value is -1.97. The minimum atomic E-state index is -3.00. The fourth-order valence-corrected chi connectivity index (χ4v) is 1.86. The molecule has 0 saturated heterocycles. The van der Waals surface area contributed by atoms with Gasteiger partial charge in [-0.1, -0.05) is 30.3 Å². The van der Waals surface area contributed by atoms with Gasteiger partial charge in [0.15, 0.2) is 5.78 Å². The van der Waals surface area contributed by atoms with E-state index in [0.29, 0.717) is 5.69 Å². The number of hydrogen-bond acceptors (Lipinski definition) is 1. The predicted octanol–water partition coefficient (Wildman–Crippen LogP) is 3.48. The smallest absolute Gasteiger partial charge is 0.290 e. The van der Waals surface area contributed by atoms with E-state index in [0.717, 1.165) is 0 Å². The lowest BCUT2D eigenvalue weighted by molar-refractivity contribution is -0.0225. The first kappa shape index (κ1) is 12.5. The van der Waals surface area contributed by atoms with Gasteiger partial charge in [-0.25, -0.2) is 0 Å². The highest BCUT2D eigenvalue weighted by Gasteiger charge is 2.32. The highest BCUT2D eigenvalue weighted by Crippen LogP contribution is 2.30. The van der Waals surface area contributed by atoms with Gasteiger partial charge in [0, 0.05) is 18.7 Å². The van der Waals surface area contributed by atoms with Crippen LogP contribution in [0, 0.1) is 0 Å². The fraction of sp³-hybridized carbons (Fsp3) is 0.214. The maximum absolute atomic E-state index is 14.0. The van der Waals surface area contributed by atoms with E-state index in [1.165, 1.54) is 29.8 Å². The van der Waals surface area contributed by atoms with Gasteiger partial charge >= 0.3 is 0 Å². The zero-order valence-electron chi connectivity index (χ0n) is 9.94. The molecule has 94 valence electrons. The number of aromatic nitrogens is 1. The summed E-state index contributed by atoms with van der Waals surface area (Å²) in [6.45, 7) is 0.839. The van der Waals surface area contributed by atoms with Crippen molar-refractivity contribution in [2.75, 3.05) is 0 Å². The van der Waals surface area contributed by atoms with Crippen molar-refractivity contribution in [3.8, 4) is 0 Å². The van der Waals surface area contributed by atoms with Gasteiger partial charge in [-0.15, -0.1) is 0 Å². The Labute approximate surface area is 104 Å². The number of hydrogen-bond donors (Lipinski definition) is 0. The van der Waals surface area contributed by atoms with Gasteiger partial charge in [0.1, 0.15) is 0 Å². The van der Waals surface area contributed by atoms with Crippen LogP contribution in [0.15, 0.2) is 48.7 Å². The molecule has 0 saturated carbocycles. The van der Waals surface area contributed by atoms with E-state index in [1.807, 2.05) is 0 Å². The molecule has 18 heavy (non-hydrogen) atoms. The minimum Gasteiger partial charge on any atom is -0.339 e. The Kier molecular flexibility index (Phi) is 3.28. The van der Waals surface area contributed by atoms with Crippen LogP contribution in [-0.4, -0.2) is 10.4 Å². The van der Waals surface area contributed by atoms with Crippen molar-refractivity contribution in [2.24, 2.45) is 0 Å². The third-order valence-electron chi connectivity index (χ3n) is 2.76. The lowest BCUT2D eigenvalue weighted by atomic mass is 10.1. The Bertz CT molecular complexity index is 546. The second-order valence-corrected chi connectivity index (χ2v) is 4.15. The van der Waals surface area contributed by atoms with Crippen LogP contribution >= 0.6 is 0 Å². The maximum atomic E-state index is 14.0. The van der Waals surface area contributed by atoms with Crippen LogP contribution in [0.5, 0.6) is 0 Å². The Morgan fingerprint density at radius 1 is 1.17 bits per heavy atom. The molecule has 0 radical (unpaired) electrons. The fourth-order valence-electron chi connectivity index (χ4n) is 1.86. The molecule has 0 amide bonds. The first-order valence-corrected chi connectivity index (χ1v) is 5.60. The van der Waals surface area contributed by atoms with Crippen molar-refractivity contribution in [3.05, 3.63) is 59.9 Å².